The Balaban J connectivity index is 2.52. The Kier molecular flexibility index (Phi) is 3.74. The molecule has 72 valence electrons. The van der Waals surface area contributed by atoms with Gasteiger partial charge in [0.1, 0.15) is 5.78 Å². The molecular weight excluding hydrogens is 186 g/mol. The van der Waals surface area contributed by atoms with E-state index >= 15 is 0 Å². The van der Waals surface area contributed by atoms with Gasteiger partial charge in [0, 0.05) is 24.1 Å². The molecule has 0 N–H and O–H groups in total. The van der Waals surface area contributed by atoms with Crippen LogP contribution in [0.4, 0.5) is 0 Å². The van der Waals surface area contributed by atoms with Gasteiger partial charge in [0.15, 0.2) is 0 Å². The maximum absolute atomic E-state index is 11.5. The molecule has 0 amide bonds. The molecule has 1 rings (SSSR count). The second-order valence-corrected chi connectivity index (χ2v) is 4.39. The van der Waals surface area contributed by atoms with Crippen LogP contribution >= 0.6 is 11.6 Å². The second kappa shape index (κ2) is 4.62. The van der Waals surface area contributed by atoms with Crippen molar-refractivity contribution in [1.82, 2.24) is 0 Å². The molecule has 3 heteroatoms. The molecule has 0 spiro atoms. The first kappa shape index (κ1) is 10.5. The summed E-state index contributed by atoms with van der Waals surface area (Å²) < 4.78 is 0. The van der Waals surface area contributed by atoms with Crippen LogP contribution in [0.5, 0.6) is 0 Å². The van der Waals surface area contributed by atoms with E-state index < -0.39 is 0 Å². The number of halogens is 1. The zero-order chi connectivity index (χ0) is 9.84. The molecule has 0 heterocycles. The van der Waals surface area contributed by atoms with E-state index in [-0.39, 0.29) is 17.1 Å². The molecular formula is C10H14ClNO. The largest absolute Gasteiger partial charge is 0.299 e. The van der Waals surface area contributed by atoms with Crippen LogP contribution in [0.15, 0.2) is 0 Å². The molecule has 0 aromatic heterocycles. The Bertz CT molecular complexity index is 234. The van der Waals surface area contributed by atoms with Crippen molar-refractivity contribution in [3.63, 3.8) is 0 Å². The van der Waals surface area contributed by atoms with E-state index in [0.717, 1.165) is 6.42 Å². The average molecular weight is 200 g/mol. The summed E-state index contributed by atoms with van der Waals surface area (Å²) in [6.07, 6.45) is 2.62. The number of ketones is 1. The number of nitrogens with zero attached hydrogens (tertiary/aromatic N) is 1. The molecule has 13 heavy (non-hydrogen) atoms. The van der Waals surface area contributed by atoms with Gasteiger partial charge in [0.25, 0.3) is 0 Å². The van der Waals surface area contributed by atoms with E-state index in [4.69, 9.17) is 16.9 Å². The van der Waals surface area contributed by atoms with Gasteiger partial charge in [-0.2, -0.15) is 5.26 Å². The van der Waals surface area contributed by atoms with Crippen molar-refractivity contribution in [3.05, 3.63) is 0 Å². The van der Waals surface area contributed by atoms with Gasteiger partial charge in [-0.05, 0) is 18.8 Å². The Labute approximate surface area is 83.9 Å². The van der Waals surface area contributed by atoms with E-state index in [1.807, 2.05) is 6.92 Å². The fourth-order valence-corrected chi connectivity index (χ4v) is 2.46. The number of nitriles is 1. The first-order valence-corrected chi connectivity index (χ1v) is 5.12. The summed E-state index contributed by atoms with van der Waals surface area (Å²) in [5.74, 6) is 0.583. The van der Waals surface area contributed by atoms with Crippen LogP contribution in [0.3, 0.4) is 0 Å². The third-order valence-electron chi connectivity index (χ3n) is 2.59. The maximum atomic E-state index is 11.5. The highest BCUT2D eigenvalue weighted by Crippen LogP contribution is 2.32. The number of Topliss-reactive ketones (excluding diaryl/α,β-unsaturated/α-hetero) is 1. The summed E-state index contributed by atoms with van der Waals surface area (Å²) in [6, 6.07) is 2.06. The highest BCUT2D eigenvalue weighted by atomic mass is 35.5. The summed E-state index contributed by atoms with van der Waals surface area (Å²) >= 11 is 6.08. The molecule has 1 saturated carbocycles. The molecule has 0 aliphatic heterocycles. The van der Waals surface area contributed by atoms with Gasteiger partial charge in [-0.3, -0.25) is 4.79 Å². The van der Waals surface area contributed by atoms with Gasteiger partial charge < -0.3 is 0 Å². The molecule has 1 aliphatic rings. The average Bonchev–Trinajstić information content (AvgIpc) is 2.02. The van der Waals surface area contributed by atoms with E-state index in [1.54, 1.807) is 0 Å². The predicted octanol–water partition coefficient (Wildman–Crippen LogP) is 2.51. The number of carbonyl (C=O) groups is 1. The Hall–Kier alpha value is -0.550. The fourth-order valence-electron chi connectivity index (χ4n) is 1.89. The summed E-state index contributed by atoms with van der Waals surface area (Å²) in [5.41, 5.74) is 0. The number of hydrogen-bond acceptors (Lipinski definition) is 2. The fraction of sp³-hybridized carbons (Fsp3) is 0.800. The van der Waals surface area contributed by atoms with Crippen molar-refractivity contribution in [2.75, 3.05) is 0 Å². The van der Waals surface area contributed by atoms with Crippen LogP contribution in [0, 0.1) is 23.2 Å². The molecule has 0 bridgehead atoms. The van der Waals surface area contributed by atoms with Gasteiger partial charge >= 0.3 is 0 Å². The van der Waals surface area contributed by atoms with Crippen LogP contribution in [0.25, 0.3) is 0 Å². The monoisotopic (exact) mass is 199 g/mol. The zero-order valence-electron chi connectivity index (χ0n) is 7.79. The minimum atomic E-state index is -0.0717. The highest BCUT2D eigenvalue weighted by Gasteiger charge is 2.33. The second-order valence-electron chi connectivity index (χ2n) is 3.83. The lowest BCUT2D eigenvalue weighted by Crippen LogP contribution is -2.32. The molecule has 0 radical (unpaired) electrons. The molecule has 0 saturated heterocycles. The molecule has 2 nitrogen and oxygen atoms in total. The van der Waals surface area contributed by atoms with Crippen LogP contribution in [-0.4, -0.2) is 11.2 Å². The minimum Gasteiger partial charge on any atom is -0.299 e. The zero-order valence-corrected chi connectivity index (χ0v) is 8.55. The lowest BCUT2D eigenvalue weighted by molar-refractivity contribution is -0.125. The lowest BCUT2D eigenvalue weighted by atomic mass is 9.79. The highest BCUT2D eigenvalue weighted by molar-refractivity contribution is 6.22. The SMILES string of the molecule is CC1CC(=O)C(CCC#N)C(Cl)C1. The van der Waals surface area contributed by atoms with Gasteiger partial charge in [-0.15, -0.1) is 11.6 Å². The first-order valence-electron chi connectivity index (χ1n) is 4.69. The van der Waals surface area contributed by atoms with Crippen molar-refractivity contribution < 1.29 is 4.79 Å². The molecule has 1 fully saturated rings. The van der Waals surface area contributed by atoms with Crippen LogP contribution in [0.2, 0.25) is 0 Å². The van der Waals surface area contributed by atoms with Crippen molar-refractivity contribution in [2.24, 2.45) is 11.8 Å². The van der Waals surface area contributed by atoms with Gasteiger partial charge in [-0.25, -0.2) is 0 Å². The first-order chi connectivity index (χ1) is 6.15. The van der Waals surface area contributed by atoms with E-state index in [0.29, 0.717) is 25.2 Å². The van der Waals surface area contributed by atoms with Crippen molar-refractivity contribution >= 4 is 17.4 Å². The number of hydrogen-bond donors (Lipinski definition) is 0. The molecule has 0 aromatic carbocycles. The quantitative estimate of drug-likeness (QED) is 0.642. The third kappa shape index (κ3) is 2.70. The van der Waals surface area contributed by atoms with Crippen molar-refractivity contribution in [3.8, 4) is 6.07 Å². The minimum absolute atomic E-state index is 0.0513. The summed E-state index contributed by atoms with van der Waals surface area (Å²) in [4.78, 5) is 11.5. The topological polar surface area (TPSA) is 40.9 Å². The van der Waals surface area contributed by atoms with E-state index in [2.05, 4.69) is 6.07 Å². The van der Waals surface area contributed by atoms with E-state index in [1.165, 1.54) is 0 Å². The number of alkyl halides is 1. The van der Waals surface area contributed by atoms with Crippen LogP contribution in [0.1, 0.15) is 32.6 Å². The van der Waals surface area contributed by atoms with Gasteiger partial charge in [-0.1, -0.05) is 6.92 Å². The number of rotatable bonds is 2. The predicted molar refractivity (Wildman–Crippen MR) is 51.4 cm³/mol. The molecule has 1 aliphatic carbocycles. The van der Waals surface area contributed by atoms with Crippen LogP contribution in [-0.2, 0) is 4.79 Å². The Morgan fingerprint density at radius 2 is 2.38 bits per heavy atom. The van der Waals surface area contributed by atoms with Crippen molar-refractivity contribution in [1.29, 1.82) is 5.26 Å². The Morgan fingerprint density at radius 3 is 2.92 bits per heavy atom. The van der Waals surface area contributed by atoms with Gasteiger partial charge in [0.2, 0.25) is 0 Å². The third-order valence-corrected chi connectivity index (χ3v) is 3.08. The van der Waals surface area contributed by atoms with Crippen LogP contribution < -0.4 is 0 Å². The standard InChI is InChI=1S/C10H14ClNO/c1-7-5-9(11)8(3-2-4-12)10(13)6-7/h7-9H,2-3,5-6H2,1H3. The maximum Gasteiger partial charge on any atom is 0.137 e. The summed E-state index contributed by atoms with van der Waals surface area (Å²) in [5, 5.41) is 8.37. The summed E-state index contributed by atoms with van der Waals surface area (Å²) in [6.45, 7) is 2.05. The normalized spacial score (nSPS) is 34.2. The summed E-state index contributed by atoms with van der Waals surface area (Å²) in [7, 11) is 0. The van der Waals surface area contributed by atoms with Crippen molar-refractivity contribution in [2.45, 2.75) is 38.0 Å². The van der Waals surface area contributed by atoms with Gasteiger partial charge in [0.05, 0.1) is 6.07 Å². The molecule has 0 aromatic rings. The molecule has 3 unspecified atom stereocenters. The molecule has 3 atom stereocenters. The van der Waals surface area contributed by atoms with E-state index in [9.17, 15) is 4.79 Å². The number of carbonyl (C=O) groups excluding carboxylic acids is 1. The Morgan fingerprint density at radius 1 is 1.69 bits per heavy atom. The lowest BCUT2D eigenvalue weighted by Gasteiger charge is -2.29. The smallest absolute Gasteiger partial charge is 0.137 e.